The summed E-state index contributed by atoms with van der Waals surface area (Å²) in [5.41, 5.74) is 0. The third-order valence-electron chi connectivity index (χ3n) is 3.91. The van der Waals surface area contributed by atoms with Gasteiger partial charge >= 0.3 is 17.9 Å². The van der Waals surface area contributed by atoms with Crippen LogP contribution in [0.1, 0.15) is 51.4 Å². The molecule has 0 saturated carbocycles. The highest BCUT2D eigenvalue weighted by Crippen LogP contribution is 2.11. The minimum Gasteiger partial charge on any atom is -0.481 e. The minimum absolute atomic E-state index is 0.167. The predicted octanol–water partition coefficient (Wildman–Crippen LogP) is 3.56. The Balaban J connectivity index is 3.84. The number of hydrogen-bond acceptors (Lipinski definition) is 4. The van der Waals surface area contributed by atoms with E-state index in [4.69, 9.17) is 14.9 Å². The Hall–Kier alpha value is -2.41. The Morgan fingerprint density at radius 3 is 2.14 bits per heavy atom. The molecule has 0 amide bonds. The molecule has 0 aliphatic carbocycles. The van der Waals surface area contributed by atoms with Crippen molar-refractivity contribution in [2.45, 2.75) is 57.5 Å². The van der Waals surface area contributed by atoms with E-state index in [-0.39, 0.29) is 12.4 Å². The molecule has 0 aliphatic heterocycles. The molecular weight excluding hydrogens is 374 g/mol. The molecular formula is C22H36NO6+. The Bertz CT molecular complexity index is 587. The molecule has 0 aromatic heterocycles. The fourth-order valence-electron chi connectivity index (χ4n) is 2.70. The van der Waals surface area contributed by atoms with Crippen LogP contribution in [0.4, 0.5) is 0 Å². The quantitative estimate of drug-likeness (QED) is 0.133. The standard InChI is InChI=1S/C22H35NO6/c1-23(2,3)18-19(17-21(26)27)29-22(28)16-14-12-10-8-6-4-5-7-9-11-13-15-20(24)25/h5,7,9,11,13,15,19H,4,6,8,10,12,14,16-18H2,1-3H3,(H-,24,25,26,27)/p+1/b7-5+,11-9+,15-13+. The second-order valence-electron chi connectivity index (χ2n) is 8.00. The van der Waals surface area contributed by atoms with Gasteiger partial charge in [-0.2, -0.15) is 0 Å². The zero-order valence-electron chi connectivity index (χ0n) is 17.9. The fraction of sp³-hybridized carbons (Fsp3) is 0.591. The number of carbonyl (C=O) groups is 3. The van der Waals surface area contributed by atoms with E-state index in [2.05, 4.69) is 0 Å². The minimum atomic E-state index is -0.962. The summed E-state index contributed by atoms with van der Waals surface area (Å²) in [5, 5.41) is 17.4. The number of quaternary nitrogens is 1. The van der Waals surface area contributed by atoms with Gasteiger partial charge in [0.05, 0.1) is 27.6 Å². The van der Waals surface area contributed by atoms with Crippen molar-refractivity contribution < 1.29 is 33.8 Å². The van der Waals surface area contributed by atoms with Gasteiger partial charge in [0.25, 0.3) is 0 Å². The molecule has 0 heterocycles. The number of esters is 1. The molecule has 0 aliphatic rings. The molecule has 164 valence electrons. The van der Waals surface area contributed by atoms with E-state index >= 15 is 0 Å². The first-order valence-corrected chi connectivity index (χ1v) is 10.0. The van der Waals surface area contributed by atoms with Crippen LogP contribution >= 0.6 is 0 Å². The Morgan fingerprint density at radius 1 is 0.897 bits per heavy atom. The highest BCUT2D eigenvalue weighted by atomic mass is 16.5. The first-order valence-electron chi connectivity index (χ1n) is 10.0. The van der Waals surface area contributed by atoms with Gasteiger partial charge in [0.1, 0.15) is 6.54 Å². The number of nitrogens with zero attached hydrogens (tertiary/aromatic N) is 1. The van der Waals surface area contributed by atoms with E-state index < -0.39 is 18.0 Å². The summed E-state index contributed by atoms with van der Waals surface area (Å²) in [6.07, 6.45) is 15.3. The van der Waals surface area contributed by atoms with Crippen molar-refractivity contribution >= 4 is 17.9 Å². The van der Waals surface area contributed by atoms with Gasteiger partial charge in [-0.15, -0.1) is 0 Å². The lowest BCUT2D eigenvalue weighted by molar-refractivity contribution is -0.873. The van der Waals surface area contributed by atoms with Crippen molar-refractivity contribution in [3.8, 4) is 0 Å². The van der Waals surface area contributed by atoms with Crippen LogP contribution in [-0.2, 0) is 19.1 Å². The summed E-state index contributed by atoms with van der Waals surface area (Å²) in [7, 11) is 5.81. The zero-order chi connectivity index (χ0) is 22.1. The number of hydrogen-bond donors (Lipinski definition) is 2. The van der Waals surface area contributed by atoms with Gasteiger partial charge in [-0.05, 0) is 19.3 Å². The first kappa shape index (κ1) is 26.6. The van der Waals surface area contributed by atoms with Crippen LogP contribution in [0.2, 0.25) is 0 Å². The van der Waals surface area contributed by atoms with Crippen molar-refractivity contribution in [3.63, 3.8) is 0 Å². The maximum Gasteiger partial charge on any atom is 0.328 e. The number of allylic oxidation sites excluding steroid dienone is 5. The van der Waals surface area contributed by atoms with E-state index in [1.54, 1.807) is 12.2 Å². The molecule has 1 atom stereocenters. The van der Waals surface area contributed by atoms with E-state index in [1.807, 2.05) is 33.3 Å². The average molecular weight is 411 g/mol. The van der Waals surface area contributed by atoms with Gasteiger partial charge in [0.2, 0.25) is 0 Å². The SMILES string of the molecule is C[N+](C)(C)CC(CC(=O)O)OC(=O)CCCCCCC/C=C/C=C/C=C/C(=O)O. The average Bonchev–Trinajstić information content (AvgIpc) is 2.56. The van der Waals surface area contributed by atoms with Crippen LogP contribution in [0.3, 0.4) is 0 Å². The van der Waals surface area contributed by atoms with Crippen LogP contribution in [-0.4, -0.2) is 66.4 Å². The van der Waals surface area contributed by atoms with Gasteiger partial charge in [0, 0.05) is 12.5 Å². The fourth-order valence-corrected chi connectivity index (χ4v) is 2.70. The number of carboxylic acids is 2. The third-order valence-corrected chi connectivity index (χ3v) is 3.91. The lowest BCUT2D eigenvalue weighted by Crippen LogP contribution is -2.43. The molecule has 29 heavy (non-hydrogen) atoms. The van der Waals surface area contributed by atoms with Crippen LogP contribution in [0.15, 0.2) is 36.5 Å². The summed E-state index contributed by atoms with van der Waals surface area (Å²) < 4.78 is 5.90. The number of likely N-dealkylation sites (N-methyl/N-ethyl adjacent to an activating group) is 1. The van der Waals surface area contributed by atoms with Crippen molar-refractivity contribution in [1.29, 1.82) is 0 Å². The van der Waals surface area contributed by atoms with E-state index in [0.29, 0.717) is 17.4 Å². The smallest absolute Gasteiger partial charge is 0.328 e. The van der Waals surface area contributed by atoms with E-state index in [9.17, 15) is 14.4 Å². The number of rotatable bonds is 16. The van der Waals surface area contributed by atoms with Gasteiger partial charge in [-0.25, -0.2) is 4.79 Å². The lowest BCUT2D eigenvalue weighted by Gasteiger charge is -2.28. The molecule has 0 fully saturated rings. The number of ether oxygens (including phenoxy) is 1. The molecule has 0 bridgehead atoms. The summed E-state index contributed by atoms with van der Waals surface area (Å²) in [4.78, 5) is 33.2. The molecule has 2 N–H and O–H groups in total. The summed E-state index contributed by atoms with van der Waals surface area (Å²) >= 11 is 0. The summed E-state index contributed by atoms with van der Waals surface area (Å²) in [6, 6.07) is 0. The summed E-state index contributed by atoms with van der Waals surface area (Å²) in [6.45, 7) is 0.469. The zero-order valence-corrected chi connectivity index (χ0v) is 17.9. The molecule has 0 radical (unpaired) electrons. The van der Waals surface area contributed by atoms with Crippen molar-refractivity contribution in [1.82, 2.24) is 0 Å². The van der Waals surface area contributed by atoms with E-state index in [1.165, 1.54) is 6.08 Å². The molecule has 0 aromatic carbocycles. The second kappa shape index (κ2) is 15.5. The van der Waals surface area contributed by atoms with Crippen LogP contribution in [0, 0.1) is 0 Å². The van der Waals surface area contributed by atoms with Gasteiger partial charge in [-0.3, -0.25) is 9.59 Å². The highest BCUT2D eigenvalue weighted by molar-refractivity contribution is 5.80. The maximum atomic E-state index is 12.0. The van der Waals surface area contributed by atoms with Gasteiger partial charge in [0.15, 0.2) is 6.10 Å². The van der Waals surface area contributed by atoms with Crippen molar-refractivity contribution in [2.75, 3.05) is 27.7 Å². The van der Waals surface area contributed by atoms with Gasteiger partial charge < -0.3 is 19.4 Å². The molecule has 0 spiro atoms. The molecule has 7 heteroatoms. The number of carbonyl (C=O) groups excluding carboxylic acids is 1. The number of unbranched alkanes of at least 4 members (excludes halogenated alkanes) is 5. The Kier molecular flexibility index (Phi) is 14.2. The molecule has 0 aromatic rings. The van der Waals surface area contributed by atoms with Crippen molar-refractivity contribution in [3.05, 3.63) is 36.5 Å². The van der Waals surface area contributed by atoms with Gasteiger partial charge in [-0.1, -0.05) is 49.6 Å². The van der Waals surface area contributed by atoms with Crippen LogP contribution in [0.25, 0.3) is 0 Å². The lowest BCUT2D eigenvalue weighted by atomic mass is 10.1. The Labute approximate surface area is 173 Å². The second-order valence-corrected chi connectivity index (χ2v) is 8.00. The van der Waals surface area contributed by atoms with Crippen LogP contribution < -0.4 is 0 Å². The number of aliphatic carboxylic acids is 2. The molecule has 0 saturated heterocycles. The third kappa shape index (κ3) is 20.1. The van der Waals surface area contributed by atoms with E-state index in [0.717, 1.165) is 44.6 Å². The maximum absolute atomic E-state index is 12.0. The highest BCUT2D eigenvalue weighted by Gasteiger charge is 2.24. The first-order chi connectivity index (χ1) is 13.6. The van der Waals surface area contributed by atoms with Crippen molar-refractivity contribution in [2.24, 2.45) is 0 Å². The molecule has 7 nitrogen and oxygen atoms in total. The Morgan fingerprint density at radius 2 is 1.52 bits per heavy atom. The molecule has 0 rings (SSSR count). The predicted molar refractivity (Wildman–Crippen MR) is 112 cm³/mol. The normalized spacial score (nSPS) is 13.3. The molecule has 1 unspecified atom stereocenters. The summed E-state index contributed by atoms with van der Waals surface area (Å²) in [5.74, 6) is -2.25. The monoisotopic (exact) mass is 410 g/mol. The van der Waals surface area contributed by atoms with Crippen LogP contribution in [0.5, 0.6) is 0 Å². The topological polar surface area (TPSA) is 101 Å². The largest absolute Gasteiger partial charge is 0.481 e. The number of carboxylic acid groups (broad SMARTS) is 2.